The number of benzene rings is 1. The van der Waals surface area contributed by atoms with Gasteiger partial charge in [-0.25, -0.2) is 14.4 Å². The molecule has 6 heteroatoms. The average molecular weight is 333 g/mol. The highest BCUT2D eigenvalue weighted by atomic mass is 79.9. The van der Waals surface area contributed by atoms with Gasteiger partial charge in [0.1, 0.15) is 11.6 Å². The van der Waals surface area contributed by atoms with Gasteiger partial charge < -0.3 is 5.73 Å². The van der Waals surface area contributed by atoms with Crippen molar-refractivity contribution in [1.82, 2.24) is 14.5 Å². The molecule has 2 N–H and O–H groups in total. The van der Waals surface area contributed by atoms with E-state index in [1.165, 1.54) is 6.07 Å². The molecule has 2 aromatic heterocycles. The summed E-state index contributed by atoms with van der Waals surface area (Å²) in [6, 6.07) is 8.46. The third kappa shape index (κ3) is 2.18. The molecule has 0 saturated heterocycles. The molecular formula is C14H10BrFN4. The number of rotatable bonds is 2. The highest BCUT2D eigenvalue weighted by Gasteiger charge is 2.13. The summed E-state index contributed by atoms with van der Waals surface area (Å²) in [4.78, 5) is 8.12. The fourth-order valence-corrected chi connectivity index (χ4v) is 2.33. The summed E-state index contributed by atoms with van der Waals surface area (Å²) in [6.45, 7) is 0. The van der Waals surface area contributed by atoms with Crippen molar-refractivity contribution in [3.8, 4) is 16.9 Å². The van der Waals surface area contributed by atoms with E-state index in [0.717, 1.165) is 0 Å². The van der Waals surface area contributed by atoms with Crippen LogP contribution in [0.5, 0.6) is 0 Å². The Morgan fingerprint density at radius 3 is 2.85 bits per heavy atom. The predicted octanol–water partition coefficient (Wildman–Crippen LogP) is 3.42. The van der Waals surface area contributed by atoms with Gasteiger partial charge >= 0.3 is 0 Å². The molecule has 0 amide bonds. The number of anilines is 1. The fourth-order valence-electron chi connectivity index (χ4n) is 2.00. The van der Waals surface area contributed by atoms with Crippen molar-refractivity contribution in [2.24, 2.45) is 0 Å². The number of hydrogen-bond acceptors (Lipinski definition) is 3. The van der Waals surface area contributed by atoms with Crippen LogP contribution in [0.4, 0.5) is 10.2 Å². The van der Waals surface area contributed by atoms with Crippen molar-refractivity contribution in [1.29, 1.82) is 0 Å². The van der Waals surface area contributed by atoms with Crippen molar-refractivity contribution >= 4 is 21.7 Å². The van der Waals surface area contributed by atoms with Crippen molar-refractivity contribution in [2.45, 2.75) is 0 Å². The molecule has 1 aromatic carbocycles. The summed E-state index contributed by atoms with van der Waals surface area (Å²) in [6.07, 6.45) is 4.79. The van der Waals surface area contributed by atoms with Gasteiger partial charge in [0.2, 0.25) is 0 Å². The zero-order valence-corrected chi connectivity index (χ0v) is 11.9. The highest BCUT2D eigenvalue weighted by Crippen LogP contribution is 2.28. The molecule has 0 aliphatic rings. The lowest BCUT2D eigenvalue weighted by Gasteiger charge is -2.10. The molecular weight excluding hydrogens is 323 g/mol. The maximum atomic E-state index is 14.1. The van der Waals surface area contributed by atoms with Gasteiger partial charge in [-0.1, -0.05) is 15.9 Å². The summed E-state index contributed by atoms with van der Waals surface area (Å²) in [5.74, 6) is 0.0351. The van der Waals surface area contributed by atoms with E-state index < -0.39 is 0 Å². The van der Waals surface area contributed by atoms with Crippen LogP contribution in [0.1, 0.15) is 0 Å². The van der Waals surface area contributed by atoms with Crippen LogP contribution in [0, 0.1) is 5.82 Å². The van der Waals surface area contributed by atoms with Crippen LogP contribution < -0.4 is 5.73 Å². The first-order valence-corrected chi connectivity index (χ1v) is 6.65. The maximum absolute atomic E-state index is 14.1. The van der Waals surface area contributed by atoms with Crippen molar-refractivity contribution in [3.63, 3.8) is 0 Å². The predicted molar refractivity (Wildman–Crippen MR) is 78.9 cm³/mol. The molecule has 20 heavy (non-hydrogen) atoms. The summed E-state index contributed by atoms with van der Waals surface area (Å²) in [7, 11) is 0. The summed E-state index contributed by atoms with van der Waals surface area (Å²) < 4.78 is 16.4. The van der Waals surface area contributed by atoms with Gasteiger partial charge in [-0.15, -0.1) is 0 Å². The van der Waals surface area contributed by atoms with E-state index in [1.54, 1.807) is 41.5 Å². The average Bonchev–Trinajstić information content (AvgIpc) is 2.88. The number of nitrogen functional groups attached to an aromatic ring is 1. The van der Waals surface area contributed by atoms with Gasteiger partial charge in [0.25, 0.3) is 0 Å². The Labute approximate surface area is 123 Å². The normalized spacial score (nSPS) is 10.7. The number of aromatic nitrogens is 3. The van der Waals surface area contributed by atoms with E-state index in [1.807, 2.05) is 6.07 Å². The second kappa shape index (κ2) is 5.05. The molecule has 0 radical (unpaired) electrons. The summed E-state index contributed by atoms with van der Waals surface area (Å²) in [5, 5.41) is 0. The minimum atomic E-state index is -0.346. The van der Waals surface area contributed by atoms with Crippen molar-refractivity contribution < 1.29 is 4.39 Å². The van der Waals surface area contributed by atoms with Crippen LogP contribution in [0.3, 0.4) is 0 Å². The minimum Gasteiger partial charge on any atom is -0.383 e. The van der Waals surface area contributed by atoms with Gasteiger partial charge in [-0.3, -0.25) is 4.57 Å². The SMILES string of the molecule is Nc1ncccc1-c1cncn1-c1ccc(Br)cc1F. The maximum Gasteiger partial charge on any atom is 0.148 e. The van der Waals surface area contributed by atoms with Crippen LogP contribution in [-0.2, 0) is 0 Å². The molecule has 0 bridgehead atoms. The van der Waals surface area contributed by atoms with E-state index in [-0.39, 0.29) is 5.82 Å². The van der Waals surface area contributed by atoms with Gasteiger partial charge in [0.05, 0.1) is 23.9 Å². The molecule has 0 spiro atoms. The molecule has 0 saturated carbocycles. The first kappa shape index (κ1) is 12.8. The standard InChI is InChI=1S/C14H10BrFN4/c15-9-3-4-12(11(16)6-9)20-8-18-7-13(20)10-2-1-5-19-14(10)17/h1-8H,(H2,17,19). The molecule has 4 nitrogen and oxygen atoms in total. The monoisotopic (exact) mass is 332 g/mol. The molecule has 100 valence electrons. The van der Waals surface area contributed by atoms with E-state index in [9.17, 15) is 4.39 Å². The largest absolute Gasteiger partial charge is 0.383 e. The minimum absolute atomic E-state index is 0.346. The number of nitrogens with zero attached hydrogens (tertiary/aromatic N) is 3. The molecule has 0 unspecified atom stereocenters. The Morgan fingerprint density at radius 1 is 1.25 bits per heavy atom. The first-order valence-electron chi connectivity index (χ1n) is 5.85. The number of nitrogens with two attached hydrogens (primary N) is 1. The zero-order valence-electron chi connectivity index (χ0n) is 10.3. The van der Waals surface area contributed by atoms with Crippen LogP contribution in [-0.4, -0.2) is 14.5 Å². The summed E-state index contributed by atoms with van der Waals surface area (Å²) in [5.41, 5.74) is 7.68. The van der Waals surface area contributed by atoms with Crippen LogP contribution >= 0.6 is 15.9 Å². The second-order valence-corrected chi connectivity index (χ2v) is 5.10. The van der Waals surface area contributed by atoms with Gasteiger partial charge in [0.15, 0.2) is 0 Å². The van der Waals surface area contributed by atoms with Crippen LogP contribution in [0.15, 0.2) is 53.5 Å². The Bertz CT molecular complexity index is 769. The molecule has 0 aliphatic heterocycles. The molecule has 3 rings (SSSR count). The van der Waals surface area contributed by atoms with Gasteiger partial charge in [-0.05, 0) is 30.3 Å². The zero-order chi connectivity index (χ0) is 14.1. The van der Waals surface area contributed by atoms with Gasteiger partial charge in [-0.2, -0.15) is 0 Å². The van der Waals surface area contributed by atoms with E-state index in [2.05, 4.69) is 25.9 Å². The van der Waals surface area contributed by atoms with E-state index in [4.69, 9.17) is 5.73 Å². The smallest absolute Gasteiger partial charge is 0.148 e. The van der Waals surface area contributed by atoms with Crippen molar-refractivity contribution in [3.05, 3.63) is 59.3 Å². The number of hydrogen-bond donors (Lipinski definition) is 1. The topological polar surface area (TPSA) is 56.7 Å². The second-order valence-electron chi connectivity index (χ2n) is 4.18. The van der Waals surface area contributed by atoms with Gasteiger partial charge in [0, 0.05) is 16.2 Å². The molecule has 0 aliphatic carbocycles. The lowest BCUT2D eigenvalue weighted by molar-refractivity contribution is 0.617. The molecule has 0 atom stereocenters. The summed E-state index contributed by atoms with van der Waals surface area (Å²) >= 11 is 3.24. The van der Waals surface area contributed by atoms with E-state index in [0.29, 0.717) is 27.2 Å². The molecule has 2 heterocycles. The van der Waals surface area contributed by atoms with Crippen LogP contribution in [0.25, 0.3) is 16.9 Å². The highest BCUT2D eigenvalue weighted by molar-refractivity contribution is 9.10. The Balaban J connectivity index is 2.18. The van der Waals surface area contributed by atoms with E-state index >= 15 is 0 Å². The van der Waals surface area contributed by atoms with Crippen LogP contribution in [0.2, 0.25) is 0 Å². The lowest BCUT2D eigenvalue weighted by Crippen LogP contribution is -2.01. The third-order valence-electron chi connectivity index (χ3n) is 2.92. The number of halogens is 2. The Kier molecular flexibility index (Phi) is 3.23. The number of imidazole rings is 1. The number of pyridine rings is 1. The molecule has 3 aromatic rings. The Hall–Kier alpha value is -2.21. The quantitative estimate of drug-likeness (QED) is 0.782. The Morgan fingerprint density at radius 2 is 2.10 bits per heavy atom. The lowest BCUT2D eigenvalue weighted by atomic mass is 10.2. The molecule has 0 fully saturated rings. The third-order valence-corrected chi connectivity index (χ3v) is 3.42. The fraction of sp³-hybridized carbons (Fsp3) is 0. The van der Waals surface area contributed by atoms with Crippen molar-refractivity contribution in [2.75, 3.05) is 5.73 Å². The first-order chi connectivity index (χ1) is 9.66.